The number of nitrogens with one attached hydrogen (secondary N) is 2. The molecule has 0 atom stereocenters. The Bertz CT molecular complexity index is 1150. The number of nitrogens with zero attached hydrogens (tertiary/aromatic N) is 3. The summed E-state index contributed by atoms with van der Waals surface area (Å²) in [4.78, 5) is 26.6. The number of amides is 1. The topological polar surface area (TPSA) is 92.8 Å². The number of carbonyl (C=O) groups excluding carboxylic acids is 1. The van der Waals surface area contributed by atoms with Gasteiger partial charge < -0.3 is 15.0 Å². The van der Waals surface area contributed by atoms with Gasteiger partial charge in [-0.3, -0.25) is 4.79 Å². The molecule has 148 valence electrons. The van der Waals surface area contributed by atoms with Crippen LogP contribution in [0.4, 0.5) is 13.2 Å². The summed E-state index contributed by atoms with van der Waals surface area (Å²) in [6.45, 7) is 0.509. The van der Waals surface area contributed by atoms with Crippen LogP contribution in [0.15, 0.2) is 18.7 Å². The minimum atomic E-state index is -2.88. The van der Waals surface area contributed by atoms with Crippen molar-refractivity contribution in [3.8, 4) is 23.0 Å². The molecular formula is C19H14F3N5O2. The zero-order valence-corrected chi connectivity index (χ0v) is 14.9. The van der Waals surface area contributed by atoms with Crippen LogP contribution in [0, 0.1) is 5.82 Å². The number of ether oxygens (including phenoxy) is 1. The Morgan fingerprint density at radius 3 is 2.76 bits per heavy atom. The van der Waals surface area contributed by atoms with Gasteiger partial charge in [-0.15, -0.1) is 0 Å². The second kappa shape index (κ2) is 6.57. The molecule has 0 radical (unpaired) electrons. The molecule has 2 aliphatic rings. The highest BCUT2D eigenvalue weighted by molar-refractivity contribution is 6.00. The van der Waals surface area contributed by atoms with Gasteiger partial charge in [0.2, 0.25) is 5.88 Å². The van der Waals surface area contributed by atoms with Gasteiger partial charge in [-0.1, -0.05) is 0 Å². The first-order valence-electron chi connectivity index (χ1n) is 9.00. The van der Waals surface area contributed by atoms with Crippen LogP contribution in [0.1, 0.15) is 39.2 Å². The van der Waals surface area contributed by atoms with Gasteiger partial charge in [-0.25, -0.2) is 28.1 Å². The SMILES string of the molecule is O=C1NCCc2[nH]c3c(c21)CCc1cnc(Oc2ncncc2C(F)F)c(F)c1-3. The Hall–Kier alpha value is -3.43. The number of H-pyrrole nitrogens is 1. The van der Waals surface area contributed by atoms with E-state index in [2.05, 4.69) is 25.3 Å². The van der Waals surface area contributed by atoms with Crippen molar-refractivity contribution in [2.24, 2.45) is 0 Å². The van der Waals surface area contributed by atoms with Gasteiger partial charge in [0.05, 0.1) is 16.8 Å². The van der Waals surface area contributed by atoms with Crippen LogP contribution in [0.2, 0.25) is 0 Å². The van der Waals surface area contributed by atoms with E-state index in [-0.39, 0.29) is 11.5 Å². The third-order valence-electron chi connectivity index (χ3n) is 5.16. The van der Waals surface area contributed by atoms with Gasteiger partial charge in [-0.2, -0.15) is 0 Å². The normalized spacial score (nSPS) is 14.8. The van der Waals surface area contributed by atoms with E-state index in [0.717, 1.165) is 23.8 Å². The van der Waals surface area contributed by atoms with Crippen molar-refractivity contribution in [1.29, 1.82) is 0 Å². The molecule has 3 aromatic heterocycles. The summed E-state index contributed by atoms with van der Waals surface area (Å²) in [5, 5.41) is 2.80. The Morgan fingerprint density at radius 2 is 1.93 bits per heavy atom. The molecule has 29 heavy (non-hydrogen) atoms. The van der Waals surface area contributed by atoms with E-state index >= 15 is 4.39 Å². The fourth-order valence-corrected chi connectivity index (χ4v) is 3.86. The number of pyridine rings is 1. The van der Waals surface area contributed by atoms with Crippen molar-refractivity contribution in [3.05, 3.63) is 52.5 Å². The van der Waals surface area contributed by atoms with E-state index in [1.165, 1.54) is 6.20 Å². The molecule has 10 heteroatoms. The minimum absolute atomic E-state index is 0.180. The van der Waals surface area contributed by atoms with E-state index in [1.807, 2.05) is 0 Å². The number of rotatable bonds is 3. The van der Waals surface area contributed by atoms with E-state index in [0.29, 0.717) is 42.6 Å². The number of halogens is 3. The molecule has 0 saturated heterocycles. The van der Waals surface area contributed by atoms with Crippen molar-refractivity contribution < 1.29 is 22.7 Å². The van der Waals surface area contributed by atoms with Crippen LogP contribution in [0.5, 0.6) is 11.8 Å². The summed E-state index contributed by atoms with van der Waals surface area (Å²) >= 11 is 0. The van der Waals surface area contributed by atoms with Crippen LogP contribution in [0.25, 0.3) is 11.3 Å². The smallest absolute Gasteiger partial charge is 0.270 e. The Kier molecular flexibility index (Phi) is 4.00. The average Bonchev–Trinajstić information content (AvgIpc) is 3.10. The monoisotopic (exact) mass is 401 g/mol. The predicted molar refractivity (Wildman–Crippen MR) is 94.5 cm³/mol. The van der Waals surface area contributed by atoms with E-state index in [4.69, 9.17) is 4.74 Å². The van der Waals surface area contributed by atoms with Gasteiger partial charge in [-0.05, 0) is 24.0 Å². The summed E-state index contributed by atoms with van der Waals surface area (Å²) in [7, 11) is 0. The Morgan fingerprint density at radius 1 is 1.07 bits per heavy atom. The number of fused-ring (bicyclic) bond motifs is 5. The standard InChI is InChI=1S/C19H14F3N5O2/c20-14-12-8(1-2-9-13-11(27-15(9)12)3-4-24-17(13)28)5-25-19(14)29-18-10(16(21)22)6-23-7-26-18/h5-7,16,27H,1-4H2,(H,24,28). The minimum Gasteiger partial charge on any atom is -0.417 e. The van der Waals surface area contributed by atoms with Crippen molar-refractivity contribution in [1.82, 2.24) is 25.3 Å². The number of aromatic nitrogens is 4. The van der Waals surface area contributed by atoms with Crippen LogP contribution < -0.4 is 10.1 Å². The zero-order valence-electron chi connectivity index (χ0n) is 14.9. The molecule has 2 N–H and O–H groups in total. The molecule has 0 bridgehead atoms. The van der Waals surface area contributed by atoms with Crippen LogP contribution in [0.3, 0.4) is 0 Å². The summed E-state index contributed by atoms with van der Waals surface area (Å²) in [6.07, 6.45) is 2.22. The number of aromatic amines is 1. The van der Waals surface area contributed by atoms with Crippen molar-refractivity contribution >= 4 is 5.91 Å². The molecule has 7 nitrogen and oxygen atoms in total. The quantitative estimate of drug-likeness (QED) is 0.704. The van der Waals surface area contributed by atoms with Gasteiger partial charge in [0, 0.05) is 36.6 Å². The summed E-state index contributed by atoms with van der Waals surface area (Å²) in [5.41, 5.74) is 2.92. The summed E-state index contributed by atoms with van der Waals surface area (Å²) in [6, 6.07) is 0. The van der Waals surface area contributed by atoms with E-state index in [9.17, 15) is 13.6 Å². The maximum atomic E-state index is 15.4. The van der Waals surface area contributed by atoms with Gasteiger partial charge in [0.25, 0.3) is 18.2 Å². The molecule has 0 unspecified atom stereocenters. The molecule has 5 rings (SSSR count). The lowest BCUT2D eigenvalue weighted by Gasteiger charge is -2.19. The lowest BCUT2D eigenvalue weighted by atomic mass is 9.88. The van der Waals surface area contributed by atoms with Gasteiger partial charge >= 0.3 is 0 Å². The highest BCUT2D eigenvalue weighted by Crippen LogP contribution is 2.41. The van der Waals surface area contributed by atoms with Crippen molar-refractivity contribution in [3.63, 3.8) is 0 Å². The molecule has 3 aromatic rings. The lowest BCUT2D eigenvalue weighted by molar-refractivity contribution is 0.0945. The van der Waals surface area contributed by atoms with Gasteiger partial charge in [0.1, 0.15) is 6.33 Å². The highest BCUT2D eigenvalue weighted by Gasteiger charge is 2.32. The van der Waals surface area contributed by atoms with Crippen molar-refractivity contribution in [2.45, 2.75) is 25.7 Å². The third kappa shape index (κ3) is 2.74. The molecule has 1 aliphatic heterocycles. The number of hydrogen-bond acceptors (Lipinski definition) is 5. The average molecular weight is 401 g/mol. The first kappa shape index (κ1) is 17.7. The van der Waals surface area contributed by atoms with Crippen LogP contribution in [-0.4, -0.2) is 32.4 Å². The number of carbonyl (C=O) groups is 1. The molecule has 0 fully saturated rings. The largest absolute Gasteiger partial charge is 0.417 e. The lowest BCUT2D eigenvalue weighted by Crippen LogP contribution is -2.32. The molecule has 0 saturated carbocycles. The number of hydrogen-bond donors (Lipinski definition) is 2. The molecular weight excluding hydrogens is 387 g/mol. The number of alkyl halides is 2. The summed E-state index contributed by atoms with van der Waals surface area (Å²) < 4.78 is 47.0. The fourth-order valence-electron chi connectivity index (χ4n) is 3.86. The maximum absolute atomic E-state index is 15.4. The number of aryl methyl sites for hydroxylation is 1. The predicted octanol–water partition coefficient (Wildman–Crippen LogP) is 3.12. The first-order chi connectivity index (χ1) is 14.0. The molecule has 1 amide bonds. The van der Waals surface area contributed by atoms with Crippen LogP contribution >= 0.6 is 0 Å². The molecule has 0 aromatic carbocycles. The molecule has 1 aliphatic carbocycles. The fraction of sp³-hybridized carbons (Fsp3) is 0.263. The van der Waals surface area contributed by atoms with Gasteiger partial charge in [0.15, 0.2) is 5.82 Å². The third-order valence-corrected chi connectivity index (χ3v) is 5.16. The molecule has 0 spiro atoms. The maximum Gasteiger partial charge on any atom is 0.270 e. The van der Waals surface area contributed by atoms with Crippen LogP contribution in [-0.2, 0) is 19.3 Å². The zero-order chi connectivity index (χ0) is 20.1. The molecule has 4 heterocycles. The highest BCUT2D eigenvalue weighted by atomic mass is 19.3. The second-order valence-electron chi connectivity index (χ2n) is 6.80. The Balaban J connectivity index is 1.61. The summed E-state index contributed by atoms with van der Waals surface area (Å²) in [5.74, 6) is -1.89. The van der Waals surface area contributed by atoms with Crippen molar-refractivity contribution in [2.75, 3.05) is 6.54 Å². The second-order valence-corrected chi connectivity index (χ2v) is 6.80. The van der Waals surface area contributed by atoms with E-state index < -0.39 is 29.6 Å². The van der Waals surface area contributed by atoms with E-state index in [1.54, 1.807) is 0 Å². The Labute approximate surface area is 162 Å². The first-order valence-corrected chi connectivity index (χ1v) is 9.00.